The molecule has 0 aromatic carbocycles. The Morgan fingerprint density at radius 3 is 0.470 bits per heavy atom. The molecule has 0 aliphatic heterocycles. The van der Waals surface area contributed by atoms with E-state index in [-0.39, 0.29) is 0 Å². The van der Waals surface area contributed by atoms with Gasteiger partial charge in [0, 0.05) is 0 Å². The molecule has 0 aliphatic carbocycles. The quantitative estimate of drug-likeness (QED) is 0.0421. The van der Waals surface area contributed by atoms with Crippen LogP contribution in [-0.4, -0.2) is 0 Å². The molecule has 0 aliphatic rings. The summed E-state index contributed by atoms with van der Waals surface area (Å²) in [4.78, 5) is 0. The Bertz CT molecular complexity index is 816. The number of hydrogen-bond donors (Lipinski definition) is 0. The van der Waals surface area contributed by atoms with Crippen LogP contribution < -0.4 is 0 Å². The highest BCUT2D eigenvalue weighted by atomic mass is 14.3. The maximum atomic E-state index is 2.51. The van der Waals surface area contributed by atoms with Crippen molar-refractivity contribution in [2.75, 3.05) is 0 Å². The summed E-state index contributed by atoms with van der Waals surface area (Å²) in [5.41, 5.74) is 0.644. The zero-order chi connectivity index (χ0) is 47.6. The van der Waals surface area contributed by atoms with Crippen molar-refractivity contribution in [2.45, 2.75) is 407 Å². The van der Waals surface area contributed by atoms with Crippen LogP contribution >= 0.6 is 0 Å². The lowest BCUT2D eigenvalue weighted by Gasteiger charge is -2.35. The summed E-state index contributed by atoms with van der Waals surface area (Å²) >= 11 is 0. The van der Waals surface area contributed by atoms with E-state index in [1.54, 1.807) is 25.7 Å². The average molecular weight is 926 g/mol. The standard InChI is InChI=1S/C66H132/c1-5-9-13-17-21-25-29-32-35-38-41-44-48-52-56-60-64-66(62-58-54-50-46-28-24-20-16-12-8-4,63-59-55-51-47-43-40-37-34-31-27-23-19-15-11-7-3)65-61-57-53-49-45-42-39-36-33-30-26-22-18-14-10-6-2/h34,37H,5-33,35-36,38-65H2,1-4H3/b37-34-. The van der Waals surface area contributed by atoms with Crippen molar-refractivity contribution in [2.24, 2.45) is 5.41 Å². The molecule has 0 aromatic heterocycles. The molecule has 0 heterocycles. The molecule has 0 rings (SSSR count). The Labute approximate surface area is 422 Å². The van der Waals surface area contributed by atoms with E-state index in [4.69, 9.17) is 0 Å². The fourth-order valence-electron chi connectivity index (χ4n) is 11.4. The van der Waals surface area contributed by atoms with Crippen LogP contribution in [0.3, 0.4) is 0 Å². The van der Waals surface area contributed by atoms with Crippen LogP contribution in [0.15, 0.2) is 12.2 Å². The summed E-state index contributed by atoms with van der Waals surface area (Å²) in [5, 5.41) is 0. The molecule has 0 saturated carbocycles. The minimum Gasteiger partial charge on any atom is -0.0885 e. The molecule has 0 atom stereocenters. The molecule has 0 nitrogen and oxygen atoms in total. The highest BCUT2D eigenvalue weighted by Crippen LogP contribution is 2.42. The SMILES string of the molecule is CCCCCCCC/C=C\CCCCCCCC(CCCCCCCCCCCC)(CCCCCCCCCCCCCCCCCC)CCCCCCCCCCCCCCCCCC. The highest BCUT2D eigenvalue weighted by molar-refractivity contribution is 4.82. The average Bonchev–Trinajstić information content (AvgIpc) is 3.33. The van der Waals surface area contributed by atoms with E-state index >= 15 is 0 Å². The van der Waals surface area contributed by atoms with Crippen molar-refractivity contribution < 1.29 is 0 Å². The van der Waals surface area contributed by atoms with Gasteiger partial charge in [0.2, 0.25) is 0 Å². The van der Waals surface area contributed by atoms with Crippen LogP contribution in [0, 0.1) is 5.41 Å². The maximum absolute atomic E-state index is 2.51. The first kappa shape index (κ1) is 65.7. The summed E-state index contributed by atoms with van der Waals surface area (Å²) < 4.78 is 0. The molecule has 0 bridgehead atoms. The van der Waals surface area contributed by atoms with Crippen molar-refractivity contribution >= 4 is 0 Å². The van der Waals surface area contributed by atoms with Crippen LogP contribution in [0.5, 0.6) is 0 Å². The summed E-state index contributed by atoms with van der Waals surface area (Å²) in [5.74, 6) is 0. The minimum atomic E-state index is 0.644. The van der Waals surface area contributed by atoms with E-state index < -0.39 is 0 Å². The van der Waals surface area contributed by atoms with E-state index in [2.05, 4.69) is 39.8 Å². The lowest BCUT2D eigenvalue weighted by molar-refractivity contribution is 0.171. The van der Waals surface area contributed by atoms with E-state index in [9.17, 15) is 0 Å². The van der Waals surface area contributed by atoms with E-state index in [0.717, 1.165) is 0 Å². The van der Waals surface area contributed by atoms with Crippen LogP contribution in [0.1, 0.15) is 407 Å². The Morgan fingerprint density at radius 2 is 0.303 bits per heavy atom. The van der Waals surface area contributed by atoms with E-state index in [1.807, 2.05) is 0 Å². The summed E-state index contributed by atoms with van der Waals surface area (Å²) in [7, 11) is 0. The molecular weight excluding hydrogens is 793 g/mol. The minimum absolute atomic E-state index is 0.644. The monoisotopic (exact) mass is 925 g/mol. The molecule has 0 radical (unpaired) electrons. The van der Waals surface area contributed by atoms with Gasteiger partial charge in [0.05, 0.1) is 0 Å². The van der Waals surface area contributed by atoms with Gasteiger partial charge in [-0.1, -0.05) is 367 Å². The Kier molecular flexibility index (Phi) is 58.8. The van der Waals surface area contributed by atoms with E-state index in [1.165, 1.54) is 353 Å². The number of rotatable bonds is 60. The third kappa shape index (κ3) is 53.1. The largest absolute Gasteiger partial charge is 0.0885 e. The van der Waals surface area contributed by atoms with Gasteiger partial charge in [-0.25, -0.2) is 0 Å². The first-order chi connectivity index (χ1) is 32.7. The van der Waals surface area contributed by atoms with Crippen molar-refractivity contribution in [1.82, 2.24) is 0 Å². The Hall–Kier alpha value is -0.260. The molecule has 0 spiro atoms. The number of allylic oxidation sites excluding steroid dienone is 2. The number of hydrogen-bond acceptors (Lipinski definition) is 0. The van der Waals surface area contributed by atoms with Crippen molar-refractivity contribution in [3.8, 4) is 0 Å². The number of unbranched alkanes of at least 4 members (excludes halogenated alkanes) is 50. The predicted octanol–water partition coefficient (Wildman–Crippen LogP) is 25.6. The highest BCUT2D eigenvalue weighted by Gasteiger charge is 2.28. The fourth-order valence-corrected chi connectivity index (χ4v) is 11.4. The molecule has 0 heteroatoms. The second-order valence-corrected chi connectivity index (χ2v) is 22.9. The van der Waals surface area contributed by atoms with Crippen molar-refractivity contribution in [1.29, 1.82) is 0 Å². The second kappa shape index (κ2) is 59.1. The zero-order valence-electron chi connectivity index (χ0n) is 47.4. The van der Waals surface area contributed by atoms with Crippen LogP contribution in [0.2, 0.25) is 0 Å². The third-order valence-corrected chi connectivity index (χ3v) is 16.2. The lowest BCUT2D eigenvalue weighted by atomic mass is 9.70. The van der Waals surface area contributed by atoms with Gasteiger partial charge in [-0.2, -0.15) is 0 Å². The Balaban J connectivity index is 4.91. The second-order valence-electron chi connectivity index (χ2n) is 22.9. The van der Waals surface area contributed by atoms with Crippen molar-refractivity contribution in [3.63, 3.8) is 0 Å². The molecule has 0 saturated heterocycles. The molecule has 0 aromatic rings. The summed E-state index contributed by atoms with van der Waals surface area (Å²) in [6.07, 6.45) is 91.8. The lowest BCUT2D eigenvalue weighted by Crippen LogP contribution is -2.21. The molecule has 0 N–H and O–H groups in total. The van der Waals surface area contributed by atoms with Gasteiger partial charge in [0.25, 0.3) is 0 Å². The van der Waals surface area contributed by atoms with E-state index in [0.29, 0.717) is 5.41 Å². The molecular formula is C66H132. The van der Waals surface area contributed by atoms with Gasteiger partial charge in [-0.3, -0.25) is 0 Å². The third-order valence-electron chi connectivity index (χ3n) is 16.2. The normalized spacial score (nSPS) is 12.1. The van der Waals surface area contributed by atoms with Crippen molar-refractivity contribution in [3.05, 3.63) is 12.2 Å². The predicted molar refractivity (Wildman–Crippen MR) is 307 cm³/mol. The topological polar surface area (TPSA) is 0 Å². The molecule has 0 amide bonds. The smallest absolute Gasteiger partial charge is 0.0297 e. The molecule has 396 valence electrons. The Morgan fingerprint density at radius 1 is 0.167 bits per heavy atom. The molecule has 0 unspecified atom stereocenters. The first-order valence-corrected chi connectivity index (χ1v) is 32.4. The molecule has 0 fully saturated rings. The first-order valence-electron chi connectivity index (χ1n) is 32.4. The van der Waals surface area contributed by atoms with Gasteiger partial charge >= 0.3 is 0 Å². The fraction of sp³-hybridized carbons (Fsp3) is 0.970. The van der Waals surface area contributed by atoms with Gasteiger partial charge in [0.15, 0.2) is 0 Å². The maximum Gasteiger partial charge on any atom is -0.0297 e. The van der Waals surface area contributed by atoms with Crippen LogP contribution in [0.25, 0.3) is 0 Å². The zero-order valence-corrected chi connectivity index (χ0v) is 47.4. The summed E-state index contributed by atoms with van der Waals surface area (Å²) in [6.45, 7) is 9.32. The molecule has 66 heavy (non-hydrogen) atoms. The van der Waals surface area contributed by atoms with Gasteiger partial charge in [-0.05, 0) is 56.8 Å². The van der Waals surface area contributed by atoms with Gasteiger partial charge < -0.3 is 0 Å². The van der Waals surface area contributed by atoms with Crippen LogP contribution in [0.4, 0.5) is 0 Å². The van der Waals surface area contributed by atoms with Gasteiger partial charge in [0.1, 0.15) is 0 Å². The summed E-state index contributed by atoms with van der Waals surface area (Å²) in [6, 6.07) is 0. The van der Waals surface area contributed by atoms with Crippen LogP contribution in [-0.2, 0) is 0 Å². The van der Waals surface area contributed by atoms with Gasteiger partial charge in [-0.15, -0.1) is 0 Å².